The molecule has 1 aliphatic rings. The quantitative estimate of drug-likeness (QED) is 0.529. The Morgan fingerprint density at radius 2 is 2.34 bits per heavy atom. The van der Waals surface area contributed by atoms with Gasteiger partial charge in [-0.2, -0.15) is 5.10 Å². The normalized spacial score (nSPS) is 16.7. The van der Waals surface area contributed by atoms with Gasteiger partial charge in [0.1, 0.15) is 12.3 Å². The van der Waals surface area contributed by atoms with E-state index < -0.39 is 6.09 Å². The molecule has 0 aromatic carbocycles. The molecule has 1 aliphatic heterocycles. The number of nitrogens with one attached hydrogen (secondary N) is 3. The van der Waals surface area contributed by atoms with Crippen LogP contribution in [0, 0.1) is 0 Å². The van der Waals surface area contributed by atoms with Crippen LogP contribution in [0.2, 0.25) is 0 Å². The number of pyridine rings is 1. The summed E-state index contributed by atoms with van der Waals surface area (Å²) in [5.74, 6) is 0. The second-order valence-electron chi connectivity index (χ2n) is 7.15. The zero-order valence-corrected chi connectivity index (χ0v) is 16.5. The minimum Gasteiger partial charge on any atom is -0.447 e. The number of carbonyl (C=O) groups excluding carboxylic acids is 1. The van der Waals surface area contributed by atoms with E-state index in [9.17, 15) is 4.79 Å². The number of anilines is 1. The molecule has 9 heteroatoms. The smallest absolute Gasteiger partial charge is 0.407 e. The molecule has 0 bridgehead atoms. The van der Waals surface area contributed by atoms with Crippen molar-refractivity contribution in [1.82, 2.24) is 25.1 Å². The van der Waals surface area contributed by atoms with Crippen molar-refractivity contribution in [2.75, 3.05) is 31.6 Å². The molecule has 1 atom stereocenters. The first-order valence-electron chi connectivity index (χ1n) is 9.92. The first-order chi connectivity index (χ1) is 14.2. The lowest BCUT2D eigenvalue weighted by molar-refractivity contribution is -0.0222. The Labute approximate surface area is 168 Å². The molecule has 4 rings (SSSR count). The maximum absolute atomic E-state index is 11.8. The molecule has 3 aromatic rings. The molecule has 4 heterocycles. The first kappa shape index (κ1) is 19.3. The Kier molecular flexibility index (Phi) is 5.95. The van der Waals surface area contributed by atoms with Crippen molar-refractivity contribution in [1.29, 1.82) is 0 Å². The van der Waals surface area contributed by atoms with Crippen LogP contribution in [0.15, 0.2) is 30.7 Å². The summed E-state index contributed by atoms with van der Waals surface area (Å²) >= 11 is 0. The van der Waals surface area contributed by atoms with Crippen molar-refractivity contribution in [3.63, 3.8) is 0 Å². The van der Waals surface area contributed by atoms with E-state index >= 15 is 0 Å². The summed E-state index contributed by atoms with van der Waals surface area (Å²) in [5.41, 5.74) is 3.71. The minimum absolute atomic E-state index is 0.0281. The van der Waals surface area contributed by atoms with Crippen LogP contribution in [0.1, 0.15) is 19.3 Å². The molecular formula is C20H26N6O3. The van der Waals surface area contributed by atoms with Crippen molar-refractivity contribution in [2.24, 2.45) is 7.05 Å². The number of hydrogen-bond donors (Lipinski definition) is 3. The van der Waals surface area contributed by atoms with Crippen LogP contribution in [0.25, 0.3) is 22.3 Å². The standard InChI is InChI=1S/C20H26N6O3/c1-26-12-14(11-24-26)18-10-16-17(5-6-22-19(16)25-18)21-7-8-23-20(27)29-13-15-4-2-3-9-28-15/h5-6,10-12,15H,2-4,7-9,13H2,1H3,(H,23,27)(H2,21,22,25). The molecular weight excluding hydrogens is 372 g/mol. The fourth-order valence-corrected chi connectivity index (χ4v) is 3.42. The van der Waals surface area contributed by atoms with E-state index in [2.05, 4.69) is 25.7 Å². The van der Waals surface area contributed by atoms with Gasteiger partial charge in [0.05, 0.1) is 18.0 Å². The molecule has 0 saturated carbocycles. The molecule has 1 amide bonds. The van der Waals surface area contributed by atoms with E-state index in [0.29, 0.717) is 19.7 Å². The number of rotatable bonds is 7. The lowest BCUT2D eigenvalue weighted by Gasteiger charge is -2.22. The number of ether oxygens (including phenoxy) is 2. The zero-order chi connectivity index (χ0) is 20.1. The van der Waals surface area contributed by atoms with E-state index in [1.165, 1.54) is 0 Å². The van der Waals surface area contributed by atoms with Crippen molar-refractivity contribution in [3.8, 4) is 11.3 Å². The van der Waals surface area contributed by atoms with Crippen molar-refractivity contribution >= 4 is 22.8 Å². The highest BCUT2D eigenvalue weighted by Gasteiger charge is 2.15. The van der Waals surface area contributed by atoms with Gasteiger partial charge in [-0.05, 0) is 31.4 Å². The van der Waals surface area contributed by atoms with Gasteiger partial charge in [-0.25, -0.2) is 9.78 Å². The number of aryl methyl sites for hydroxylation is 1. The van der Waals surface area contributed by atoms with Gasteiger partial charge in [0, 0.05) is 55.8 Å². The number of aromatic amines is 1. The third kappa shape index (κ3) is 4.86. The third-order valence-corrected chi connectivity index (χ3v) is 4.93. The molecule has 1 saturated heterocycles. The van der Waals surface area contributed by atoms with Crippen molar-refractivity contribution < 1.29 is 14.3 Å². The van der Waals surface area contributed by atoms with Crippen LogP contribution in [0.5, 0.6) is 0 Å². The van der Waals surface area contributed by atoms with E-state index in [4.69, 9.17) is 9.47 Å². The van der Waals surface area contributed by atoms with Crippen LogP contribution >= 0.6 is 0 Å². The SMILES string of the molecule is Cn1cc(-c2cc3c(NCCNC(=O)OCC4CCCCO4)ccnc3[nH]2)cn1. The van der Waals surface area contributed by atoms with Gasteiger partial charge in [-0.3, -0.25) is 4.68 Å². The van der Waals surface area contributed by atoms with Crippen LogP contribution < -0.4 is 10.6 Å². The molecule has 1 fully saturated rings. The topological polar surface area (TPSA) is 106 Å². The molecule has 1 unspecified atom stereocenters. The van der Waals surface area contributed by atoms with E-state index in [1.54, 1.807) is 10.9 Å². The van der Waals surface area contributed by atoms with E-state index in [1.807, 2.05) is 31.6 Å². The lowest BCUT2D eigenvalue weighted by atomic mass is 10.1. The Morgan fingerprint density at radius 1 is 1.41 bits per heavy atom. The third-order valence-electron chi connectivity index (χ3n) is 4.93. The summed E-state index contributed by atoms with van der Waals surface area (Å²) in [6.45, 7) is 2.09. The number of alkyl carbamates (subject to hydrolysis) is 1. The summed E-state index contributed by atoms with van der Waals surface area (Å²) < 4.78 is 12.6. The Bertz CT molecular complexity index is 960. The fourth-order valence-electron chi connectivity index (χ4n) is 3.42. The number of hydrogen-bond acceptors (Lipinski definition) is 6. The van der Waals surface area contributed by atoms with Crippen LogP contribution in [0.4, 0.5) is 10.5 Å². The average molecular weight is 398 g/mol. The summed E-state index contributed by atoms with van der Waals surface area (Å²) in [4.78, 5) is 19.5. The Balaban J connectivity index is 1.27. The second-order valence-corrected chi connectivity index (χ2v) is 7.15. The Morgan fingerprint density at radius 3 is 3.14 bits per heavy atom. The van der Waals surface area contributed by atoms with Crippen LogP contribution in [-0.2, 0) is 16.5 Å². The van der Waals surface area contributed by atoms with Crippen molar-refractivity contribution in [2.45, 2.75) is 25.4 Å². The largest absolute Gasteiger partial charge is 0.447 e. The van der Waals surface area contributed by atoms with Crippen molar-refractivity contribution in [3.05, 3.63) is 30.7 Å². The molecule has 0 aliphatic carbocycles. The molecule has 9 nitrogen and oxygen atoms in total. The number of aromatic nitrogens is 4. The molecule has 29 heavy (non-hydrogen) atoms. The molecule has 3 N–H and O–H groups in total. The summed E-state index contributed by atoms with van der Waals surface area (Å²) in [5, 5.41) is 11.3. The van der Waals surface area contributed by atoms with E-state index in [-0.39, 0.29) is 6.10 Å². The molecule has 154 valence electrons. The molecule has 0 radical (unpaired) electrons. The van der Waals surface area contributed by atoms with Gasteiger partial charge >= 0.3 is 6.09 Å². The molecule has 3 aromatic heterocycles. The van der Waals surface area contributed by atoms with Gasteiger partial charge < -0.3 is 25.1 Å². The van der Waals surface area contributed by atoms with Gasteiger partial charge in [-0.15, -0.1) is 0 Å². The number of amides is 1. The monoisotopic (exact) mass is 398 g/mol. The summed E-state index contributed by atoms with van der Waals surface area (Å²) in [7, 11) is 1.89. The maximum atomic E-state index is 11.8. The minimum atomic E-state index is -0.415. The number of nitrogens with zero attached hydrogens (tertiary/aromatic N) is 3. The van der Waals surface area contributed by atoms with Crippen LogP contribution in [0.3, 0.4) is 0 Å². The molecule has 0 spiro atoms. The summed E-state index contributed by atoms with van der Waals surface area (Å²) in [6, 6.07) is 3.97. The highest BCUT2D eigenvalue weighted by Crippen LogP contribution is 2.27. The highest BCUT2D eigenvalue weighted by atomic mass is 16.6. The van der Waals surface area contributed by atoms with Gasteiger partial charge in [0.2, 0.25) is 0 Å². The van der Waals surface area contributed by atoms with Gasteiger partial charge in [0.25, 0.3) is 0 Å². The number of carbonyl (C=O) groups is 1. The van der Waals surface area contributed by atoms with Gasteiger partial charge in [-0.1, -0.05) is 0 Å². The predicted octanol–water partition coefficient (Wildman–Crippen LogP) is 2.67. The average Bonchev–Trinajstić information content (AvgIpc) is 3.37. The highest BCUT2D eigenvalue weighted by molar-refractivity contribution is 5.93. The number of H-pyrrole nitrogens is 1. The number of fused-ring (bicyclic) bond motifs is 1. The predicted molar refractivity (Wildman–Crippen MR) is 110 cm³/mol. The lowest BCUT2D eigenvalue weighted by Crippen LogP contribution is -2.33. The first-order valence-corrected chi connectivity index (χ1v) is 9.92. The maximum Gasteiger partial charge on any atom is 0.407 e. The summed E-state index contributed by atoms with van der Waals surface area (Å²) in [6.07, 6.45) is 8.28. The fraction of sp³-hybridized carbons (Fsp3) is 0.450. The van der Waals surface area contributed by atoms with Crippen LogP contribution in [-0.4, -0.2) is 58.2 Å². The zero-order valence-electron chi connectivity index (χ0n) is 16.5. The van der Waals surface area contributed by atoms with E-state index in [0.717, 1.165) is 53.8 Å². The second kappa shape index (κ2) is 8.95. The Hall–Kier alpha value is -3.07. The van der Waals surface area contributed by atoms with Gasteiger partial charge in [0.15, 0.2) is 0 Å².